The molecule has 1 saturated heterocycles. The van der Waals surface area contributed by atoms with Gasteiger partial charge in [-0.05, 0) is 31.9 Å². The van der Waals surface area contributed by atoms with Gasteiger partial charge < -0.3 is 0 Å². The van der Waals surface area contributed by atoms with E-state index in [4.69, 9.17) is 0 Å². The summed E-state index contributed by atoms with van der Waals surface area (Å²) in [5, 5.41) is 0.476. The molecular weight excluding hydrogens is 330 g/mol. The van der Waals surface area contributed by atoms with Gasteiger partial charge in [0.25, 0.3) is 10.0 Å². The number of benzene rings is 1. The fraction of sp³-hybridized carbons (Fsp3) is 0.462. The maximum absolute atomic E-state index is 12.6. The van der Waals surface area contributed by atoms with Crippen molar-refractivity contribution < 1.29 is 13.2 Å². The van der Waals surface area contributed by atoms with E-state index in [1.807, 2.05) is 6.92 Å². The number of aryl methyl sites for hydroxylation is 1. The first-order chi connectivity index (χ1) is 8.96. The van der Waals surface area contributed by atoms with Gasteiger partial charge >= 0.3 is 0 Å². The van der Waals surface area contributed by atoms with Gasteiger partial charge in [0.2, 0.25) is 5.91 Å². The number of rotatable bonds is 3. The van der Waals surface area contributed by atoms with Gasteiger partial charge in [0.1, 0.15) is 0 Å². The molecule has 104 valence electrons. The van der Waals surface area contributed by atoms with Crippen molar-refractivity contribution in [2.45, 2.75) is 37.1 Å². The largest absolute Gasteiger partial charge is 0.274 e. The van der Waals surface area contributed by atoms with Crippen molar-refractivity contribution in [3.8, 4) is 0 Å². The molecule has 19 heavy (non-hydrogen) atoms. The van der Waals surface area contributed by atoms with Crippen molar-refractivity contribution in [1.82, 2.24) is 4.31 Å². The smallest absolute Gasteiger partial charge is 0.266 e. The van der Waals surface area contributed by atoms with Crippen molar-refractivity contribution in [2.24, 2.45) is 0 Å². The number of sulfonamides is 1. The van der Waals surface area contributed by atoms with Gasteiger partial charge in [0.15, 0.2) is 0 Å². The summed E-state index contributed by atoms with van der Waals surface area (Å²) >= 11 is 3.30. The molecule has 1 fully saturated rings. The van der Waals surface area contributed by atoms with Crippen LogP contribution in [0.1, 0.15) is 24.8 Å². The number of carbonyl (C=O) groups excluding carboxylic acids is 1. The van der Waals surface area contributed by atoms with Crippen LogP contribution in [0.5, 0.6) is 0 Å². The Labute approximate surface area is 122 Å². The lowest BCUT2D eigenvalue weighted by molar-refractivity contribution is -0.129. The molecule has 1 aromatic carbocycles. The first-order valence-corrected chi connectivity index (χ1v) is 8.73. The Kier molecular flexibility index (Phi) is 4.30. The average molecular weight is 346 g/mol. The maximum atomic E-state index is 12.6. The van der Waals surface area contributed by atoms with E-state index < -0.39 is 10.0 Å². The van der Waals surface area contributed by atoms with E-state index in [0.29, 0.717) is 18.2 Å². The van der Waals surface area contributed by atoms with Crippen LogP contribution in [0.15, 0.2) is 29.2 Å². The van der Waals surface area contributed by atoms with Gasteiger partial charge in [-0.2, -0.15) is 0 Å². The zero-order valence-electron chi connectivity index (χ0n) is 10.7. The van der Waals surface area contributed by atoms with Crippen molar-refractivity contribution in [1.29, 1.82) is 0 Å². The van der Waals surface area contributed by atoms with E-state index in [9.17, 15) is 13.2 Å². The highest BCUT2D eigenvalue weighted by molar-refractivity contribution is 9.09. The summed E-state index contributed by atoms with van der Waals surface area (Å²) in [5.74, 6) is -0.309. The van der Waals surface area contributed by atoms with Crippen LogP contribution in [0.4, 0.5) is 0 Å². The first-order valence-electron chi connectivity index (χ1n) is 6.16. The van der Waals surface area contributed by atoms with Crippen molar-refractivity contribution in [2.75, 3.05) is 5.33 Å². The van der Waals surface area contributed by atoms with Crippen LogP contribution in [-0.2, 0) is 14.8 Å². The van der Waals surface area contributed by atoms with Crippen molar-refractivity contribution in [3.63, 3.8) is 0 Å². The third-order valence-electron chi connectivity index (χ3n) is 3.26. The molecule has 4 nitrogen and oxygen atoms in total. The minimum atomic E-state index is -3.74. The van der Waals surface area contributed by atoms with E-state index in [2.05, 4.69) is 15.9 Å². The predicted octanol–water partition coefficient (Wildman–Crippen LogP) is 2.46. The fourth-order valence-electron chi connectivity index (χ4n) is 2.21. The molecule has 0 saturated carbocycles. The number of alkyl halides is 1. The summed E-state index contributed by atoms with van der Waals surface area (Å²) in [6, 6.07) is 6.30. The van der Waals surface area contributed by atoms with Gasteiger partial charge in [0, 0.05) is 11.8 Å². The SMILES string of the molecule is Cc1ccc(S(=O)(=O)N2C(=O)CCCC2CBr)cc1. The van der Waals surface area contributed by atoms with Gasteiger partial charge in [-0.25, -0.2) is 12.7 Å². The van der Waals surface area contributed by atoms with E-state index in [1.54, 1.807) is 24.3 Å². The number of carbonyl (C=O) groups is 1. The summed E-state index contributed by atoms with van der Waals surface area (Å²) in [6.07, 6.45) is 1.76. The first kappa shape index (κ1) is 14.5. The van der Waals surface area contributed by atoms with Crippen LogP contribution < -0.4 is 0 Å². The van der Waals surface area contributed by atoms with Gasteiger partial charge in [-0.15, -0.1) is 0 Å². The lowest BCUT2D eigenvalue weighted by Gasteiger charge is -2.33. The molecule has 0 aromatic heterocycles. The highest BCUT2D eigenvalue weighted by Gasteiger charge is 2.37. The molecular formula is C13H16BrNO3S. The van der Waals surface area contributed by atoms with Crippen LogP contribution in [0.2, 0.25) is 0 Å². The Hall–Kier alpha value is -0.880. The second-order valence-corrected chi connectivity index (χ2v) is 7.17. The molecule has 1 aliphatic heterocycles. The molecule has 0 aliphatic carbocycles. The topological polar surface area (TPSA) is 54.5 Å². The summed E-state index contributed by atoms with van der Waals surface area (Å²) < 4.78 is 26.2. The zero-order chi connectivity index (χ0) is 14.0. The number of amides is 1. The summed E-state index contributed by atoms with van der Waals surface area (Å²) in [7, 11) is -3.74. The number of halogens is 1. The van der Waals surface area contributed by atoms with Gasteiger partial charge in [-0.3, -0.25) is 4.79 Å². The molecule has 1 amide bonds. The third kappa shape index (κ3) is 2.84. The van der Waals surface area contributed by atoms with Crippen LogP contribution in [0, 0.1) is 6.92 Å². The molecule has 1 aromatic rings. The molecule has 1 heterocycles. The molecule has 2 rings (SSSR count). The summed E-state index contributed by atoms with van der Waals surface area (Å²) in [4.78, 5) is 12.2. The minimum Gasteiger partial charge on any atom is -0.274 e. The Morgan fingerprint density at radius 1 is 1.32 bits per heavy atom. The molecule has 0 bridgehead atoms. The number of hydrogen-bond acceptors (Lipinski definition) is 3. The lowest BCUT2D eigenvalue weighted by Crippen LogP contribution is -2.48. The fourth-order valence-corrected chi connectivity index (χ4v) is 4.66. The van der Waals surface area contributed by atoms with E-state index in [0.717, 1.165) is 16.3 Å². The highest BCUT2D eigenvalue weighted by atomic mass is 79.9. The molecule has 1 unspecified atom stereocenters. The monoisotopic (exact) mass is 345 g/mol. The van der Waals surface area contributed by atoms with Crippen molar-refractivity contribution in [3.05, 3.63) is 29.8 Å². The van der Waals surface area contributed by atoms with E-state index in [1.165, 1.54) is 0 Å². The summed E-state index contributed by atoms with van der Waals surface area (Å²) in [5.41, 5.74) is 0.987. The molecule has 0 N–H and O–H groups in total. The molecule has 1 aliphatic rings. The lowest BCUT2D eigenvalue weighted by atomic mass is 10.1. The molecule has 6 heteroatoms. The molecule has 0 radical (unpaired) electrons. The Morgan fingerprint density at radius 2 is 1.95 bits per heavy atom. The maximum Gasteiger partial charge on any atom is 0.266 e. The van der Waals surface area contributed by atoms with E-state index in [-0.39, 0.29) is 16.8 Å². The normalized spacial score (nSPS) is 20.6. The van der Waals surface area contributed by atoms with Crippen LogP contribution in [0.3, 0.4) is 0 Å². The molecule has 1 atom stereocenters. The minimum absolute atomic E-state index is 0.180. The Morgan fingerprint density at radius 3 is 2.53 bits per heavy atom. The highest BCUT2D eigenvalue weighted by Crippen LogP contribution is 2.27. The van der Waals surface area contributed by atoms with Crippen LogP contribution in [0.25, 0.3) is 0 Å². The van der Waals surface area contributed by atoms with Gasteiger partial charge in [0.05, 0.1) is 10.9 Å². The average Bonchev–Trinajstić information content (AvgIpc) is 2.38. The molecule has 0 spiro atoms. The Balaban J connectivity index is 2.41. The summed E-state index contributed by atoms with van der Waals surface area (Å²) in [6.45, 7) is 1.89. The third-order valence-corrected chi connectivity index (χ3v) is 5.90. The number of hydrogen-bond donors (Lipinski definition) is 0. The second-order valence-electron chi connectivity index (χ2n) is 4.71. The number of piperidine rings is 1. The quantitative estimate of drug-likeness (QED) is 0.790. The van der Waals surface area contributed by atoms with Crippen LogP contribution in [-0.4, -0.2) is 30.0 Å². The zero-order valence-corrected chi connectivity index (χ0v) is 13.1. The second kappa shape index (κ2) is 5.63. The predicted molar refractivity (Wildman–Crippen MR) is 76.6 cm³/mol. The standard InChI is InChI=1S/C13H16BrNO3S/c1-10-5-7-12(8-6-10)19(17,18)15-11(9-14)3-2-4-13(15)16/h5-8,11H,2-4,9H2,1H3. The van der Waals surface area contributed by atoms with Gasteiger partial charge in [-0.1, -0.05) is 33.6 Å². The Bertz CT molecular complexity index is 568. The van der Waals surface area contributed by atoms with Crippen molar-refractivity contribution >= 4 is 31.9 Å². The number of nitrogens with zero attached hydrogens (tertiary/aromatic N) is 1. The van der Waals surface area contributed by atoms with E-state index >= 15 is 0 Å². The van der Waals surface area contributed by atoms with Crippen LogP contribution >= 0.6 is 15.9 Å².